The minimum absolute atomic E-state index is 0.352. The number of nitrogens with zero attached hydrogens (tertiary/aromatic N) is 1. The fraction of sp³-hybridized carbons (Fsp3) is 0.0714. The predicted octanol–water partition coefficient (Wildman–Crippen LogP) is 2.53. The van der Waals surface area contributed by atoms with E-state index in [1.807, 2.05) is 6.07 Å². The topological polar surface area (TPSA) is 56.1 Å². The van der Waals surface area contributed by atoms with Crippen molar-refractivity contribution in [3.8, 4) is 11.8 Å². The molecule has 0 heterocycles. The summed E-state index contributed by atoms with van der Waals surface area (Å²) in [7, 11) is 1.53. The number of hydrogen-bond acceptors (Lipinski definition) is 3. The molecule has 18 heavy (non-hydrogen) atoms. The van der Waals surface area contributed by atoms with Gasteiger partial charge in [-0.2, -0.15) is 5.26 Å². The molecule has 1 unspecified atom stereocenters. The first-order valence-electron chi connectivity index (χ1n) is 5.23. The Morgan fingerprint density at radius 2 is 2.17 bits per heavy atom. The van der Waals surface area contributed by atoms with E-state index in [0.29, 0.717) is 21.1 Å². The lowest BCUT2D eigenvalue weighted by molar-refractivity contribution is 0.414. The van der Waals surface area contributed by atoms with Crippen LogP contribution >= 0.6 is 0 Å². The van der Waals surface area contributed by atoms with Crippen LogP contribution in [0.25, 0.3) is 0 Å². The van der Waals surface area contributed by atoms with Crippen molar-refractivity contribution in [2.24, 2.45) is 0 Å². The summed E-state index contributed by atoms with van der Waals surface area (Å²) >= 11 is -1.40. The molecule has 89 valence electrons. The molecule has 0 aliphatic heterocycles. The van der Waals surface area contributed by atoms with Gasteiger partial charge in [0, 0.05) is 23.3 Å². The van der Waals surface area contributed by atoms with Crippen molar-refractivity contribution in [2.45, 2.75) is 9.79 Å². The lowest BCUT2D eigenvalue weighted by Crippen LogP contribution is -2.04. The van der Waals surface area contributed by atoms with Gasteiger partial charge in [-0.1, -0.05) is 12.1 Å². The first kappa shape index (κ1) is 12.5. The van der Waals surface area contributed by atoms with E-state index in [1.165, 1.54) is 7.11 Å². The van der Waals surface area contributed by atoms with E-state index in [1.54, 1.807) is 42.5 Å². The van der Waals surface area contributed by atoms with Crippen LogP contribution in [0.15, 0.2) is 52.3 Å². The first-order chi connectivity index (χ1) is 8.76. The van der Waals surface area contributed by atoms with Crippen LogP contribution in [0.5, 0.6) is 5.75 Å². The van der Waals surface area contributed by atoms with Gasteiger partial charge in [-0.15, -0.1) is 0 Å². The average Bonchev–Trinajstić information content (AvgIpc) is 2.46. The van der Waals surface area contributed by atoms with Crippen LogP contribution in [0, 0.1) is 17.4 Å². The van der Waals surface area contributed by atoms with Gasteiger partial charge in [0.15, 0.2) is 9.79 Å². The lowest BCUT2D eigenvalue weighted by Gasteiger charge is -2.11. The minimum Gasteiger partial charge on any atom is -0.606 e. The fourth-order valence-electron chi connectivity index (χ4n) is 1.50. The van der Waals surface area contributed by atoms with Crippen molar-refractivity contribution >= 4 is 11.2 Å². The van der Waals surface area contributed by atoms with Crippen LogP contribution in [-0.4, -0.2) is 11.7 Å². The summed E-state index contributed by atoms with van der Waals surface area (Å²) in [5, 5.41) is 9.08. The predicted molar refractivity (Wildman–Crippen MR) is 67.7 cm³/mol. The van der Waals surface area contributed by atoms with Crippen LogP contribution in [0.4, 0.5) is 0 Å². The number of benzene rings is 2. The van der Waals surface area contributed by atoms with Crippen molar-refractivity contribution in [2.75, 3.05) is 7.11 Å². The van der Waals surface area contributed by atoms with Gasteiger partial charge in [-0.3, -0.25) is 0 Å². The molecular weight excluding hydrogens is 246 g/mol. The Kier molecular flexibility index (Phi) is 3.88. The average molecular weight is 256 g/mol. The number of nitriles is 1. The molecule has 4 heteroatoms. The van der Waals surface area contributed by atoms with Crippen LogP contribution < -0.4 is 4.74 Å². The van der Waals surface area contributed by atoms with Gasteiger partial charge < -0.3 is 9.29 Å². The molecule has 0 N–H and O–H groups in total. The maximum Gasteiger partial charge on any atom is 0.176 e. The summed E-state index contributed by atoms with van der Waals surface area (Å²) in [5.41, 5.74) is 0.352. The molecule has 2 aromatic carbocycles. The van der Waals surface area contributed by atoms with E-state index < -0.39 is 11.2 Å². The molecule has 0 amide bonds. The molecule has 0 saturated heterocycles. The minimum atomic E-state index is -1.40. The maximum absolute atomic E-state index is 12.3. The second kappa shape index (κ2) is 5.58. The Labute approximate surface area is 109 Å². The SMILES string of the molecule is COc1ccc([S+]([O-])c2[c]cccc2)c(C#N)c1. The zero-order chi connectivity index (χ0) is 13.0. The molecule has 0 aromatic heterocycles. The highest BCUT2D eigenvalue weighted by Gasteiger charge is 2.19. The third-order valence-electron chi connectivity index (χ3n) is 2.39. The third kappa shape index (κ3) is 2.48. The molecule has 0 fully saturated rings. The molecule has 0 spiro atoms. The number of methoxy groups -OCH3 is 1. The third-order valence-corrected chi connectivity index (χ3v) is 3.80. The summed E-state index contributed by atoms with van der Waals surface area (Å²) in [5.74, 6) is 0.573. The quantitative estimate of drug-likeness (QED) is 0.793. The highest BCUT2D eigenvalue weighted by molar-refractivity contribution is 7.91. The highest BCUT2D eigenvalue weighted by atomic mass is 32.2. The standard InChI is InChI=1S/C14H10NO2S/c1-17-12-7-8-14(11(9-12)10-15)18(16)13-5-3-2-4-6-13/h2-5,7-9H,1H3. The summed E-state index contributed by atoms with van der Waals surface area (Å²) < 4.78 is 17.4. The van der Waals surface area contributed by atoms with E-state index >= 15 is 0 Å². The molecule has 3 nitrogen and oxygen atoms in total. The van der Waals surface area contributed by atoms with E-state index in [4.69, 9.17) is 10.00 Å². The summed E-state index contributed by atoms with van der Waals surface area (Å²) in [4.78, 5) is 1.03. The first-order valence-corrected chi connectivity index (χ1v) is 6.38. The number of rotatable bonds is 3. The molecule has 2 aromatic rings. The van der Waals surface area contributed by atoms with Gasteiger partial charge in [-0.05, 0) is 24.3 Å². The van der Waals surface area contributed by atoms with Gasteiger partial charge in [-0.25, -0.2) is 0 Å². The van der Waals surface area contributed by atoms with E-state index in [2.05, 4.69) is 6.07 Å². The summed E-state index contributed by atoms with van der Waals surface area (Å²) in [6, 6.07) is 16.9. The Morgan fingerprint density at radius 3 is 2.78 bits per heavy atom. The lowest BCUT2D eigenvalue weighted by atomic mass is 10.2. The molecular formula is C14H10NO2S. The van der Waals surface area contributed by atoms with Gasteiger partial charge in [0.2, 0.25) is 0 Å². The van der Waals surface area contributed by atoms with E-state index in [-0.39, 0.29) is 0 Å². The monoisotopic (exact) mass is 256 g/mol. The molecule has 0 aliphatic rings. The van der Waals surface area contributed by atoms with Crippen molar-refractivity contribution in [1.29, 1.82) is 5.26 Å². The summed E-state index contributed by atoms with van der Waals surface area (Å²) in [6.45, 7) is 0. The Bertz CT molecular complexity index is 578. The molecule has 0 aliphatic carbocycles. The second-order valence-electron chi connectivity index (χ2n) is 3.47. The van der Waals surface area contributed by atoms with Gasteiger partial charge in [0.1, 0.15) is 17.4 Å². The maximum atomic E-state index is 12.3. The molecule has 1 atom stereocenters. The molecule has 0 bridgehead atoms. The molecule has 2 rings (SSSR count). The van der Waals surface area contributed by atoms with Crippen molar-refractivity contribution in [1.82, 2.24) is 0 Å². The Morgan fingerprint density at radius 1 is 1.33 bits per heavy atom. The van der Waals surface area contributed by atoms with Crippen molar-refractivity contribution < 1.29 is 9.29 Å². The highest BCUT2D eigenvalue weighted by Crippen LogP contribution is 2.26. The summed E-state index contributed by atoms with van der Waals surface area (Å²) in [6.07, 6.45) is 0. The zero-order valence-corrected chi connectivity index (χ0v) is 10.5. The zero-order valence-electron chi connectivity index (χ0n) is 9.71. The number of ether oxygens (including phenoxy) is 1. The fourth-order valence-corrected chi connectivity index (χ4v) is 2.61. The van der Waals surface area contributed by atoms with Crippen molar-refractivity contribution in [3.63, 3.8) is 0 Å². The van der Waals surface area contributed by atoms with E-state index in [0.717, 1.165) is 0 Å². The second-order valence-corrected chi connectivity index (χ2v) is 4.89. The van der Waals surface area contributed by atoms with Crippen LogP contribution in [0.3, 0.4) is 0 Å². The Balaban J connectivity index is 2.43. The van der Waals surface area contributed by atoms with Crippen LogP contribution in [0.1, 0.15) is 5.56 Å². The van der Waals surface area contributed by atoms with Gasteiger partial charge in [0.25, 0.3) is 0 Å². The Hall–Kier alpha value is -1.96. The normalized spacial score (nSPS) is 11.6. The smallest absolute Gasteiger partial charge is 0.176 e. The van der Waals surface area contributed by atoms with Crippen LogP contribution in [0.2, 0.25) is 0 Å². The van der Waals surface area contributed by atoms with Crippen molar-refractivity contribution in [3.05, 3.63) is 54.1 Å². The van der Waals surface area contributed by atoms with E-state index in [9.17, 15) is 4.55 Å². The van der Waals surface area contributed by atoms with Crippen LogP contribution in [-0.2, 0) is 11.2 Å². The van der Waals surface area contributed by atoms with Gasteiger partial charge >= 0.3 is 0 Å². The molecule has 0 saturated carbocycles. The van der Waals surface area contributed by atoms with Gasteiger partial charge in [0.05, 0.1) is 7.11 Å². The number of hydrogen-bond donors (Lipinski definition) is 0. The largest absolute Gasteiger partial charge is 0.606 e. The molecule has 1 radical (unpaired) electrons.